The summed E-state index contributed by atoms with van der Waals surface area (Å²) in [5.74, 6) is 0.316. The predicted octanol–water partition coefficient (Wildman–Crippen LogP) is 2.39. The molecular formula is C20H23N5O. The van der Waals surface area contributed by atoms with E-state index in [4.69, 9.17) is 0 Å². The van der Waals surface area contributed by atoms with Crippen molar-refractivity contribution >= 4 is 0 Å². The molecule has 1 N–H and O–H groups in total. The van der Waals surface area contributed by atoms with Crippen LogP contribution in [0.5, 0.6) is 0 Å². The van der Waals surface area contributed by atoms with Crippen molar-refractivity contribution < 1.29 is 0 Å². The number of piperidine rings is 1. The second-order valence-electron chi connectivity index (χ2n) is 6.91. The van der Waals surface area contributed by atoms with Crippen molar-refractivity contribution in [2.45, 2.75) is 31.8 Å². The lowest BCUT2D eigenvalue weighted by Crippen LogP contribution is -2.35. The van der Waals surface area contributed by atoms with Crippen LogP contribution in [0, 0.1) is 0 Å². The molecule has 0 amide bonds. The normalized spacial score (nSPS) is 18.1. The Kier molecular flexibility index (Phi) is 4.93. The van der Waals surface area contributed by atoms with E-state index in [0.29, 0.717) is 5.92 Å². The van der Waals surface area contributed by atoms with Crippen LogP contribution < -0.4 is 5.56 Å². The number of benzene rings is 1. The Labute approximate surface area is 152 Å². The first-order chi connectivity index (χ1) is 12.8. The topological polar surface area (TPSA) is 66.8 Å². The summed E-state index contributed by atoms with van der Waals surface area (Å²) >= 11 is 0. The third kappa shape index (κ3) is 3.91. The van der Waals surface area contributed by atoms with E-state index in [0.717, 1.165) is 44.7 Å². The van der Waals surface area contributed by atoms with E-state index in [2.05, 4.69) is 48.7 Å². The molecule has 1 aromatic carbocycles. The molecule has 2 aromatic heterocycles. The van der Waals surface area contributed by atoms with E-state index < -0.39 is 0 Å². The second kappa shape index (κ2) is 7.66. The largest absolute Gasteiger partial charge is 0.329 e. The molecule has 0 bridgehead atoms. The Hall–Kier alpha value is -2.73. The lowest BCUT2D eigenvalue weighted by Gasteiger charge is -2.32. The molecule has 4 rings (SSSR count). The van der Waals surface area contributed by atoms with Crippen molar-refractivity contribution in [3.63, 3.8) is 0 Å². The summed E-state index contributed by atoms with van der Waals surface area (Å²) < 4.78 is 2.21. The fourth-order valence-corrected chi connectivity index (χ4v) is 3.68. The zero-order valence-electron chi connectivity index (χ0n) is 14.7. The monoisotopic (exact) mass is 349 g/mol. The molecule has 6 nitrogen and oxygen atoms in total. The molecule has 1 aliphatic rings. The highest BCUT2D eigenvalue weighted by atomic mass is 16.1. The highest BCUT2D eigenvalue weighted by molar-refractivity contribution is 5.16. The van der Waals surface area contributed by atoms with Crippen LogP contribution in [-0.2, 0) is 13.1 Å². The summed E-state index contributed by atoms with van der Waals surface area (Å²) in [5, 5.41) is 0. The van der Waals surface area contributed by atoms with Crippen LogP contribution in [0.2, 0.25) is 0 Å². The molecular weight excluding hydrogens is 326 g/mol. The molecule has 0 spiro atoms. The Morgan fingerprint density at radius 3 is 2.92 bits per heavy atom. The molecule has 1 atom stereocenters. The van der Waals surface area contributed by atoms with Crippen LogP contribution in [0.1, 0.15) is 35.7 Å². The molecule has 1 fully saturated rings. The summed E-state index contributed by atoms with van der Waals surface area (Å²) in [4.78, 5) is 25.3. The first-order valence-electron chi connectivity index (χ1n) is 9.08. The number of nitrogens with zero attached hydrogens (tertiary/aromatic N) is 4. The fourth-order valence-electron chi connectivity index (χ4n) is 3.68. The van der Waals surface area contributed by atoms with Crippen LogP contribution in [0.4, 0.5) is 0 Å². The molecule has 1 aliphatic heterocycles. The SMILES string of the molecule is O=c1cc(C2CCCN(Cc3cncn3Cc3ccccc3)C2)nc[nH]1. The van der Waals surface area contributed by atoms with Crippen molar-refractivity contribution in [1.82, 2.24) is 24.4 Å². The molecule has 6 heteroatoms. The quantitative estimate of drug-likeness (QED) is 0.768. The minimum atomic E-state index is -0.0759. The van der Waals surface area contributed by atoms with Gasteiger partial charge >= 0.3 is 0 Å². The lowest BCUT2D eigenvalue weighted by atomic mass is 9.94. The molecule has 1 saturated heterocycles. The molecule has 0 radical (unpaired) electrons. The highest BCUT2D eigenvalue weighted by Gasteiger charge is 2.23. The summed E-state index contributed by atoms with van der Waals surface area (Å²) in [7, 11) is 0. The Morgan fingerprint density at radius 2 is 2.08 bits per heavy atom. The van der Waals surface area contributed by atoms with Crippen LogP contribution in [-0.4, -0.2) is 37.5 Å². The first kappa shape index (κ1) is 16.7. The molecule has 0 saturated carbocycles. The summed E-state index contributed by atoms with van der Waals surface area (Å²) in [6.07, 6.45) is 7.56. The maximum Gasteiger partial charge on any atom is 0.250 e. The molecule has 3 aromatic rings. The predicted molar refractivity (Wildman–Crippen MR) is 99.9 cm³/mol. The number of rotatable bonds is 5. The number of aromatic amines is 1. The first-order valence-corrected chi connectivity index (χ1v) is 9.08. The van der Waals surface area contributed by atoms with Gasteiger partial charge < -0.3 is 9.55 Å². The van der Waals surface area contributed by atoms with Crippen molar-refractivity contribution in [1.29, 1.82) is 0 Å². The van der Waals surface area contributed by atoms with Gasteiger partial charge in [0.25, 0.3) is 5.56 Å². The van der Waals surface area contributed by atoms with Gasteiger partial charge in [0.1, 0.15) is 0 Å². The van der Waals surface area contributed by atoms with Gasteiger partial charge in [-0.3, -0.25) is 9.69 Å². The average Bonchev–Trinajstić information content (AvgIpc) is 3.09. The summed E-state index contributed by atoms with van der Waals surface area (Å²) in [6, 6.07) is 12.1. The minimum absolute atomic E-state index is 0.0759. The molecule has 3 heterocycles. The smallest absolute Gasteiger partial charge is 0.250 e. The van der Waals surface area contributed by atoms with Crippen molar-refractivity contribution in [2.75, 3.05) is 13.1 Å². The maximum absolute atomic E-state index is 11.6. The maximum atomic E-state index is 11.6. The van der Waals surface area contributed by atoms with Gasteiger partial charge in [0.2, 0.25) is 0 Å². The third-order valence-electron chi connectivity index (χ3n) is 5.00. The number of nitrogens with one attached hydrogen (secondary N) is 1. The van der Waals surface area contributed by atoms with Crippen molar-refractivity contribution in [3.05, 3.63) is 82.6 Å². The van der Waals surface area contributed by atoms with Gasteiger partial charge in [-0.25, -0.2) is 9.97 Å². The van der Waals surface area contributed by atoms with Crippen LogP contribution in [0.15, 0.2) is 60.0 Å². The Morgan fingerprint density at radius 1 is 1.19 bits per heavy atom. The molecule has 0 aliphatic carbocycles. The van der Waals surface area contributed by atoms with E-state index in [9.17, 15) is 4.79 Å². The molecule has 1 unspecified atom stereocenters. The number of hydrogen-bond acceptors (Lipinski definition) is 4. The van der Waals surface area contributed by atoms with Crippen molar-refractivity contribution in [2.24, 2.45) is 0 Å². The highest BCUT2D eigenvalue weighted by Crippen LogP contribution is 2.25. The molecule has 134 valence electrons. The van der Waals surface area contributed by atoms with Crippen LogP contribution >= 0.6 is 0 Å². The van der Waals surface area contributed by atoms with E-state index in [-0.39, 0.29) is 5.56 Å². The number of hydrogen-bond donors (Lipinski definition) is 1. The third-order valence-corrected chi connectivity index (χ3v) is 5.00. The lowest BCUT2D eigenvalue weighted by molar-refractivity contribution is 0.194. The van der Waals surface area contributed by atoms with Gasteiger partial charge in [0, 0.05) is 37.8 Å². The van der Waals surface area contributed by atoms with Gasteiger partial charge in [-0.2, -0.15) is 0 Å². The second-order valence-corrected chi connectivity index (χ2v) is 6.91. The van der Waals surface area contributed by atoms with E-state index in [1.54, 1.807) is 6.07 Å². The number of imidazole rings is 1. The zero-order chi connectivity index (χ0) is 17.8. The summed E-state index contributed by atoms with van der Waals surface area (Å²) in [5.41, 5.74) is 3.31. The van der Waals surface area contributed by atoms with Gasteiger partial charge in [-0.05, 0) is 24.9 Å². The zero-order valence-corrected chi connectivity index (χ0v) is 14.7. The average molecular weight is 349 g/mol. The summed E-state index contributed by atoms with van der Waals surface area (Å²) in [6.45, 7) is 3.69. The van der Waals surface area contributed by atoms with Gasteiger partial charge in [-0.1, -0.05) is 30.3 Å². The Balaban J connectivity index is 1.44. The number of H-pyrrole nitrogens is 1. The number of aromatic nitrogens is 4. The standard InChI is InChI=1S/C20H23N5O/c26-20-9-19(22-14-23-20)17-7-4-8-24(12-17)13-18-10-21-15-25(18)11-16-5-2-1-3-6-16/h1-3,5-6,9-10,14-15,17H,4,7-8,11-13H2,(H,22,23,26). The van der Waals surface area contributed by atoms with E-state index in [1.165, 1.54) is 17.6 Å². The van der Waals surface area contributed by atoms with Gasteiger partial charge in [-0.15, -0.1) is 0 Å². The van der Waals surface area contributed by atoms with E-state index in [1.807, 2.05) is 18.6 Å². The van der Waals surface area contributed by atoms with Crippen molar-refractivity contribution in [3.8, 4) is 0 Å². The van der Waals surface area contributed by atoms with Gasteiger partial charge in [0.15, 0.2) is 0 Å². The minimum Gasteiger partial charge on any atom is -0.329 e. The van der Waals surface area contributed by atoms with Crippen LogP contribution in [0.3, 0.4) is 0 Å². The Bertz CT molecular complexity index is 902. The molecule has 26 heavy (non-hydrogen) atoms. The van der Waals surface area contributed by atoms with Crippen LogP contribution in [0.25, 0.3) is 0 Å². The van der Waals surface area contributed by atoms with E-state index >= 15 is 0 Å². The van der Waals surface area contributed by atoms with Gasteiger partial charge in [0.05, 0.1) is 24.0 Å². The fraction of sp³-hybridized carbons (Fsp3) is 0.350. The number of likely N-dealkylation sites (tertiary alicyclic amines) is 1.